The lowest BCUT2D eigenvalue weighted by molar-refractivity contribution is -0.402. The normalized spacial score (nSPS) is 10.2. The van der Waals surface area contributed by atoms with Crippen LogP contribution >= 0.6 is 23.2 Å². The number of esters is 1. The van der Waals surface area contributed by atoms with Crippen molar-refractivity contribution in [1.29, 1.82) is 0 Å². The van der Waals surface area contributed by atoms with E-state index >= 15 is 0 Å². The van der Waals surface area contributed by atoms with E-state index in [0.29, 0.717) is 10.0 Å². The van der Waals surface area contributed by atoms with Crippen LogP contribution in [0.3, 0.4) is 0 Å². The van der Waals surface area contributed by atoms with Crippen LogP contribution in [0.15, 0.2) is 34.7 Å². The Labute approximate surface area is 116 Å². The van der Waals surface area contributed by atoms with Gasteiger partial charge in [-0.15, -0.1) is 0 Å². The minimum Gasteiger partial charge on any atom is -0.421 e. The Morgan fingerprint density at radius 2 is 1.84 bits per heavy atom. The summed E-state index contributed by atoms with van der Waals surface area (Å²) in [6, 6.07) is 6.43. The molecule has 19 heavy (non-hydrogen) atoms. The van der Waals surface area contributed by atoms with E-state index in [1.54, 1.807) is 0 Å². The Balaban J connectivity index is 2.18. The molecular formula is C11H5Cl2NO5. The van der Waals surface area contributed by atoms with Gasteiger partial charge in [-0.25, -0.2) is 4.79 Å². The van der Waals surface area contributed by atoms with Crippen molar-refractivity contribution in [2.75, 3.05) is 0 Å². The van der Waals surface area contributed by atoms with Crippen LogP contribution in [-0.4, -0.2) is 10.9 Å². The van der Waals surface area contributed by atoms with E-state index in [1.165, 1.54) is 18.2 Å². The van der Waals surface area contributed by atoms with E-state index in [9.17, 15) is 14.9 Å². The van der Waals surface area contributed by atoms with Crippen LogP contribution < -0.4 is 4.74 Å². The molecule has 8 heteroatoms. The van der Waals surface area contributed by atoms with Crippen molar-refractivity contribution in [3.63, 3.8) is 0 Å². The number of carbonyl (C=O) groups excluding carboxylic acids is 1. The second-order valence-electron chi connectivity index (χ2n) is 3.39. The van der Waals surface area contributed by atoms with Crippen molar-refractivity contribution in [3.8, 4) is 5.75 Å². The number of nitro groups is 1. The predicted octanol–water partition coefficient (Wildman–Crippen LogP) is 3.71. The number of benzene rings is 1. The molecule has 0 N–H and O–H groups in total. The van der Waals surface area contributed by atoms with Crippen molar-refractivity contribution in [3.05, 3.63) is 56.3 Å². The summed E-state index contributed by atoms with van der Waals surface area (Å²) in [4.78, 5) is 21.3. The predicted molar refractivity (Wildman–Crippen MR) is 66.8 cm³/mol. The van der Waals surface area contributed by atoms with E-state index in [0.717, 1.165) is 12.1 Å². The van der Waals surface area contributed by atoms with Crippen LogP contribution in [0.1, 0.15) is 10.6 Å². The Morgan fingerprint density at radius 1 is 1.21 bits per heavy atom. The molecule has 98 valence electrons. The number of rotatable bonds is 3. The summed E-state index contributed by atoms with van der Waals surface area (Å²) < 4.78 is 9.63. The molecule has 2 rings (SSSR count). The average Bonchev–Trinajstić information content (AvgIpc) is 2.76. The third kappa shape index (κ3) is 3.24. The number of furan rings is 1. The summed E-state index contributed by atoms with van der Waals surface area (Å²) in [7, 11) is 0. The Morgan fingerprint density at radius 3 is 2.37 bits per heavy atom. The fourth-order valence-corrected chi connectivity index (χ4v) is 1.79. The topological polar surface area (TPSA) is 82.6 Å². The number of halogens is 2. The highest BCUT2D eigenvalue weighted by Crippen LogP contribution is 2.25. The zero-order chi connectivity index (χ0) is 14.0. The van der Waals surface area contributed by atoms with E-state index < -0.39 is 16.8 Å². The molecular weight excluding hydrogens is 297 g/mol. The van der Waals surface area contributed by atoms with Gasteiger partial charge in [0.2, 0.25) is 5.76 Å². The molecule has 1 heterocycles. The van der Waals surface area contributed by atoms with Gasteiger partial charge < -0.3 is 9.15 Å². The molecule has 6 nitrogen and oxygen atoms in total. The van der Waals surface area contributed by atoms with Gasteiger partial charge in [-0.1, -0.05) is 23.2 Å². The first-order chi connectivity index (χ1) is 8.95. The van der Waals surface area contributed by atoms with Gasteiger partial charge in [0, 0.05) is 10.0 Å². The highest BCUT2D eigenvalue weighted by molar-refractivity contribution is 6.34. The zero-order valence-corrected chi connectivity index (χ0v) is 10.6. The maximum Gasteiger partial charge on any atom is 0.433 e. The van der Waals surface area contributed by atoms with Crippen LogP contribution in [0.25, 0.3) is 0 Å². The second kappa shape index (κ2) is 5.29. The highest BCUT2D eigenvalue weighted by Gasteiger charge is 2.19. The molecule has 1 aromatic heterocycles. The smallest absolute Gasteiger partial charge is 0.421 e. The summed E-state index contributed by atoms with van der Waals surface area (Å²) >= 11 is 11.5. The average molecular weight is 302 g/mol. The van der Waals surface area contributed by atoms with Gasteiger partial charge in [0.15, 0.2) is 0 Å². The summed E-state index contributed by atoms with van der Waals surface area (Å²) in [5.74, 6) is -1.60. The van der Waals surface area contributed by atoms with Gasteiger partial charge in [-0.3, -0.25) is 10.1 Å². The molecule has 0 saturated heterocycles. The number of hydrogen-bond donors (Lipinski definition) is 0. The lowest BCUT2D eigenvalue weighted by Crippen LogP contribution is -2.07. The summed E-state index contributed by atoms with van der Waals surface area (Å²) in [6.45, 7) is 0. The molecule has 0 spiro atoms. The minimum atomic E-state index is -0.883. The first-order valence-corrected chi connectivity index (χ1v) is 5.64. The largest absolute Gasteiger partial charge is 0.433 e. The van der Waals surface area contributed by atoms with E-state index in [-0.39, 0.29) is 11.5 Å². The van der Waals surface area contributed by atoms with E-state index in [1.807, 2.05) is 0 Å². The van der Waals surface area contributed by atoms with Crippen LogP contribution in [0.5, 0.6) is 5.75 Å². The molecule has 0 atom stereocenters. The highest BCUT2D eigenvalue weighted by atomic mass is 35.5. The molecule has 0 saturated carbocycles. The third-order valence-electron chi connectivity index (χ3n) is 2.02. The van der Waals surface area contributed by atoms with Crippen LogP contribution in [-0.2, 0) is 0 Å². The molecule has 2 aromatic rings. The van der Waals surface area contributed by atoms with Crippen molar-refractivity contribution in [1.82, 2.24) is 0 Å². The van der Waals surface area contributed by atoms with Gasteiger partial charge in [-0.05, 0) is 24.3 Å². The number of nitrogens with zero attached hydrogens (tertiary/aromatic N) is 1. The van der Waals surface area contributed by atoms with Gasteiger partial charge >= 0.3 is 11.9 Å². The quantitative estimate of drug-likeness (QED) is 0.373. The standard InChI is InChI=1S/C11H5Cl2NO5/c12-6-3-7(13)5-8(4-6)18-11(15)9-1-2-10(19-9)14(16)17/h1-5H. The fourth-order valence-electron chi connectivity index (χ4n) is 1.28. The second-order valence-corrected chi connectivity index (χ2v) is 4.26. The Bertz CT molecular complexity index is 632. The van der Waals surface area contributed by atoms with Crippen molar-refractivity contribution in [2.45, 2.75) is 0 Å². The number of carbonyl (C=O) groups is 1. The van der Waals surface area contributed by atoms with Crippen LogP contribution in [0, 0.1) is 10.1 Å². The monoisotopic (exact) mass is 301 g/mol. The van der Waals surface area contributed by atoms with E-state index in [2.05, 4.69) is 0 Å². The number of ether oxygens (including phenoxy) is 1. The maximum atomic E-state index is 11.6. The third-order valence-corrected chi connectivity index (χ3v) is 2.46. The molecule has 0 unspecified atom stereocenters. The van der Waals surface area contributed by atoms with Crippen molar-refractivity contribution in [2.24, 2.45) is 0 Å². The van der Waals surface area contributed by atoms with Gasteiger partial charge in [0.25, 0.3) is 0 Å². The molecule has 0 amide bonds. The lowest BCUT2D eigenvalue weighted by atomic mass is 10.3. The lowest BCUT2D eigenvalue weighted by Gasteiger charge is -2.03. The van der Waals surface area contributed by atoms with Crippen LogP contribution in [0.2, 0.25) is 10.0 Å². The molecule has 0 aliphatic rings. The first kappa shape index (κ1) is 13.4. The van der Waals surface area contributed by atoms with Crippen molar-refractivity contribution >= 4 is 35.1 Å². The molecule has 0 bridgehead atoms. The van der Waals surface area contributed by atoms with Gasteiger partial charge in [-0.2, -0.15) is 0 Å². The molecule has 1 aromatic carbocycles. The SMILES string of the molecule is O=C(Oc1cc(Cl)cc(Cl)c1)c1ccc([N+](=O)[O-])o1. The minimum absolute atomic E-state index is 0.113. The molecule has 0 aliphatic carbocycles. The Kier molecular flexibility index (Phi) is 3.73. The summed E-state index contributed by atoms with van der Waals surface area (Å²) in [6.07, 6.45) is 0. The van der Waals surface area contributed by atoms with Crippen LogP contribution in [0.4, 0.5) is 5.88 Å². The summed E-state index contributed by atoms with van der Waals surface area (Å²) in [5, 5.41) is 11.0. The summed E-state index contributed by atoms with van der Waals surface area (Å²) in [5.41, 5.74) is 0. The van der Waals surface area contributed by atoms with E-state index in [4.69, 9.17) is 32.4 Å². The fraction of sp³-hybridized carbons (Fsp3) is 0. The van der Waals surface area contributed by atoms with Gasteiger partial charge in [0.05, 0.1) is 6.07 Å². The zero-order valence-electron chi connectivity index (χ0n) is 9.13. The Hall–Kier alpha value is -2.05. The molecule has 0 aliphatic heterocycles. The maximum absolute atomic E-state index is 11.6. The van der Waals surface area contributed by atoms with Crippen molar-refractivity contribution < 1.29 is 18.9 Å². The van der Waals surface area contributed by atoms with Gasteiger partial charge in [0.1, 0.15) is 10.7 Å². The molecule has 0 fully saturated rings. The molecule has 0 radical (unpaired) electrons. The number of hydrogen-bond acceptors (Lipinski definition) is 5. The first-order valence-electron chi connectivity index (χ1n) is 4.88.